The lowest BCUT2D eigenvalue weighted by atomic mass is 9.95. The number of hydrogen-bond acceptors (Lipinski definition) is 0. The Morgan fingerprint density at radius 1 is 0.438 bits per heavy atom. The summed E-state index contributed by atoms with van der Waals surface area (Å²) in [4.78, 5) is 0. The van der Waals surface area contributed by atoms with E-state index in [-0.39, 0.29) is 0 Å². The lowest BCUT2D eigenvalue weighted by Gasteiger charge is -2.26. The number of nitrogens with zero attached hydrogens (tertiary/aromatic N) is 2. The zero-order valence-electron chi connectivity index (χ0n) is 18.9. The minimum Gasteiger partial charge on any atom is -0.337 e. The molecule has 32 heavy (non-hydrogen) atoms. The molecule has 0 aliphatic heterocycles. The van der Waals surface area contributed by atoms with Gasteiger partial charge in [0.1, 0.15) is 0 Å². The standard InChI is InChI=1S/C30H32N2/c1-3-11-21(12-4-1)31-27-17-9-7-15-23(27)25-20-30-26(19-29(25)31)24-16-8-10-18-28(24)32(30)22-13-5-2-6-14-22/h7-10,15-22H,1-6,11-14H2. The lowest BCUT2D eigenvalue weighted by molar-refractivity contribution is 0.367. The van der Waals surface area contributed by atoms with Crippen molar-refractivity contribution in [1.82, 2.24) is 9.13 Å². The summed E-state index contributed by atoms with van der Waals surface area (Å²) in [6.07, 6.45) is 13.5. The van der Waals surface area contributed by atoms with Gasteiger partial charge in [-0.15, -0.1) is 0 Å². The highest BCUT2D eigenvalue weighted by atomic mass is 15.0. The fourth-order valence-corrected chi connectivity index (χ4v) is 6.95. The zero-order valence-corrected chi connectivity index (χ0v) is 18.9. The molecule has 0 bridgehead atoms. The van der Waals surface area contributed by atoms with Gasteiger partial charge in [-0.1, -0.05) is 74.9 Å². The second-order valence-corrected chi connectivity index (χ2v) is 10.2. The minimum absolute atomic E-state index is 0.635. The summed E-state index contributed by atoms with van der Waals surface area (Å²) in [5, 5.41) is 5.74. The number of para-hydroxylation sites is 2. The average Bonchev–Trinajstić information content (AvgIpc) is 3.36. The summed E-state index contributed by atoms with van der Waals surface area (Å²) in [6.45, 7) is 0. The lowest BCUT2D eigenvalue weighted by Crippen LogP contribution is -2.13. The van der Waals surface area contributed by atoms with E-state index in [9.17, 15) is 0 Å². The molecule has 2 nitrogen and oxygen atoms in total. The number of aromatic nitrogens is 2. The van der Waals surface area contributed by atoms with Crippen molar-refractivity contribution < 1.29 is 0 Å². The molecule has 3 aromatic carbocycles. The van der Waals surface area contributed by atoms with Crippen LogP contribution < -0.4 is 0 Å². The highest BCUT2D eigenvalue weighted by Gasteiger charge is 2.24. The fourth-order valence-electron chi connectivity index (χ4n) is 6.95. The minimum atomic E-state index is 0.635. The van der Waals surface area contributed by atoms with Crippen molar-refractivity contribution in [3.8, 4) is 0 Å². The van der Waals surface area contributed by atoms with E-state index in [4.69, 9.17) is 0 Å². The Balaban J connectivity index is 1.58. The molecular formula is C30H32N2. The fraction of sp³-hybridized carbons (Fsp3) is 0.400. The Bertz CT molecular complexity index is 1330. The van der Waals surface area contributed by atoms with Crippen LogP contribution in [0.15, 0.2) is 60.7 Å². The molecule has 0 saturated heterocycles. The first kappa shape index (κ1) is 18.8. The quantitative estimate of drug-likeness (QED) is 0.270. The van der Waals surface area contributed by atoms with Crippen molar-refractivity contribution >= 4 is 43.6 Å². The second-order valence-electron chi connectivity index (χ2n) is 10.2. The maximum absolute atomic E-state index is 2.70. The first-order chi connectivity index (χ1) is 15.9. The van der Waals surface area contributed by atoms with E-state index >= 15 is 0 Å². The summed E-state index contributed by atoms with van der Waals surface area (Å²) in [7, 11) is 0. The summed E-state index contributed by atoms with van der Waals surface area (Å²) < 4.78 is 5.41. The Kier molecular flexibility index (Phi) is 4.35. The molecule has 0 atom stereocenters. The van der Waals surface area contributed by atoms with E-state index < -0.39 is 0 Å². The Morgan fingerprint density at radius 3 is 1.28 bits per heavy atom. The molecule has 2 aliphatic carbocycles. The van der Waals surface area contributed by atoms with Gasteiger partial charge in [0.05, 0.1) is 11.0 Å². The summed E-state index contributed by atoms with van der Waals surface area (Å²) in [5.74, 6) is 0. The topological polar surface area (TPSA) is 9.86 Å². The molecule has 0 amide bonds. The largest absolute Gasteiger partial charge is 0.337 e. The molecule has 5 aromatic rings. The van der Waals surface area contributed by atoms with Gasteiger partial charge in [0.2, 0.25) is 0 Å². The first-order valence-electron chi connectivity index (χ1n) is 12.9. The van der Waals surface area contributed by atoms with Gasteiger partial charge >= 0.3 is 0 Å². The number of hydrogen-bond donors (Lipinski definition) is 0. The van der Waals surface area contributed by atoms with Gasteiger partial charge in [-0.05, 0) is 49.9 Å². The molecule has 2 heteroatoms. The van der Waals surface area contributed by atoms with E-state index in [0.717, 1.165) is 0 Å². The van der Waals surface area contributed by atoms with Crippen molar-refractivity contribution in [3.05, 3.63) is 60.7 Å². The van der Waals surface area contributed by atoms with Crippen LogP contribution in [0, 0.1) is 0 Å². The van der Waals surface area contributed by atoms with E-state index in [1.807, 2.05) is 0 Å². The van der Waals surface area contributed by atoms with Crippen LogP contribution in [0.4, 0.5) is 0 Å². The van der Waals surface area contributed by atoms with Gasteiger partial charge in [-0.25, -0.2) is 0 Å². The third kappa shape index (κ3) is 2.71. The van der Waals surface area contributed by atoms with Crippen molar-refractivity contribution in [3.63, 3.8) is 0 Å². The van der Waals surface area contributed by atoms with Crippen LogP contribution in [0.25, 0.3) is 43.6 Å². The predicted octanol–water partition coefficient (Wildman–Crippen LogP) is 8.91. The van der Waals surface area contributed by atoms with Crippen molar-refractivity contribution in [1.29, 1.82) is 0 Å². The zero-order chi connectivity index (χ0) is 21.1. The van der Waals surface area contributed by atoms with Crippen molar-refractivity contribution in [2.75, 3.05) is 0 Å². The molecule has 0 unspecified atom stereocenters. The maximum Gasteiger partial charge on any atom is 0.0501 e. The van der Waals surface area contributed by atoms with Crippen LogP contribution in [0.2, 0.25) is 0 Å². The summed E-state index contributed by atoms with van der Waals surface area (Å²) in [6, 6.07) is 24.6. The third-order valence-electron chi connectivity index (χ3n) is 8.42. The van der Waals surface area contributed by atoms with Crippen molar-refractivity contribution in [2.24, 2.45) is 0 Å². The number of benzene rings is 3. The van der Waals surface area contributed by atoms with Crippen LogP contribution in [0.3, 0.4) is 0 Å². The Morgan fingerprint density at radius 2 is 0.844 bits per heavy atom. The predicted molar refractivity (Wildman–Crippen MR) is 137 cm³/mol. The van der Waals surface area contributed by atoms with Gasteiger partial charge in [0.25, 0.3) is 0 Å². The first-order valence-corrected chi connectivity index (χ1v) is 12.9. The SMILES string of the molecule is c1ccc2c(c1)c1cc3c(cc1n2C1CCCCC1)c1ccccc1n3C1CCCCC1. The van der Waals surface area contributed by atoms with Crippen LogP contribution in [-0.2, 0) is 0 Å². The molecule has 162 valence electrons. The summed E-state index contributed by atoms with van der Waals surface area (Å²) in [5.41, 5.74) is 5.74. The second kappa shape index (κ2) is 7.40. The van der Waals surface area contributed by atoms with E-state index in [2.05, 4.69) is 69.8 Å². The molecule has 2 aromatic heterocycles. The van der Waals surface area contributed by atoms with E-state index in [0.29, 0.717) is 12.1 Å². The highest BCUT2D eigenvalue weighted by Crippen LogP contribution is 2.43. The van der Waals surface area contributed by atoms with Crippen molar-refractivity contribution in [2.45, 2.75) is 76.3 Å². The molecule has 2 saturated carbocycles. The Labute approximate surface area is 189 Å². The van der Waals surface area contributed by atoms with Crippen LogP contribution in [-0.4, -0.2) is 9.13 Å². The van der Waals surface area contributed by atoms with E-state index in [1.165, 1.54) is 108 Å². The van der Waals surface area contributed by atoms with Gasteiger partial charge in [0, 0.05) is 44.7 Å². The monoisotopic (exact) mass is 420 g/mol. The molecule has 2 aliphatic rings. The van der Waals surface area contributed by atoms with Crippen LogP contribution in [0.5, 0.6) is 0 Å². The van der Waals surface area contributed by atoms with Gasteiger partial charge in [-0.3, -0.25) is 0 Å². The molecule has 0 radical (unpaired) electrons. The molecule has 2 heterocycles. The molecule has 0 spiro atoms. The highest BCUT2D eigenvalue weighted by molar-refractivity contribution is 6.18. The normalized spacial score (nSPS) is 19.0. The molecule has 0 N–H and O–H groups in total. The maximum atomic E-state index is 2.70. The van der Waals surface area contributed by atoms with Gasteiger partial charge in [-0.2, -0.15) is 0 Å². The Hall–Kier alpha value is -2.74. The average molecular weight is 421 g/mol. The number of rotatable bonds is 2. The van der Waals surface area contributed by atoms with Crippen LogP contribution in [0.1, 0.15) is 76.3 Å². The van der Waals surface area contributed by atoms with Crippen LogP contribution >= 0.6 is 0 Å². The molecular weight excluding hydrogens is 388 g/mol. The number of fused-ring (bicyclic) bond motifs is 6. The smallest absolute Gasteiger partial charge is 0.0501 e. The van der Waals surface area contributed by atoms with Gasteiger partial charge < -0.3 is 9.13 Å². The van der Waals surface area contributed by atoms with Gasteiger partial charge in [0.15, 0.2) is 0 Å². The summed E-state index contributed by atoms with van der Waals surface area (Å²) >= 11 is 0. The molecule has 2 fully saturated rings. The third-order valence-corrected chi connectivity index (χ3v) is 8.42. The van der Waals surface area contributed by atoms with E-state index in [1.54, 1.807) is 0 Å². The molecule has 7 rings (SSSR count).